The Morgan fingerprint density at radius 2 is 2.36 bits per heavy atom. The van der Waals surface area contributed by atoms with Crippen molar-refractivity contribution in [2.24, 2.45) is 7.05 Å². The lowest BCUT2D eigenvalue weighted by Crippen LogP contribution is -1.90. The van der Waals surface area contributed by atoms with Crippen LogP contribution < -0.4 is 0 Å². The highest BCUT2D eigenvalue weighted by Crippen LogP contribution is 2.22. The number of aryl methyl sites for hydroxylation is 1. The molecule has 1 rings (SSSR count). The Kier molecular flexibility index (Phi) is 2.92. The Morgan fingerprint density at radius 3 is 2.73 bits per heavy atom. The average Bonchev–Trinajstić information content (AvgIpc) is 2.28. The fourth-order valence-corrected chi connectivity index (χ4v) is 2.04. The summed E-state index contributed by atoms with van der Waals surface area (Å²) in [5.74, 6) is 0.635. The van der Waals surface area contributed by atoms with Gasteiger partial charge in [-0.2, -0.15) is 5.10 Å². The molecule has 0 spiro atoms. The van der Waals surface area contributed by atoms with E-state index in [9.17, 15) is 0 Å². The summed E-state index contributed by atoms with van der Waals surface area (Å²) in [6.07, 6.45) is 3.29. The molecule has 0 N–H and O–H groups in total. The summed E-state index contributed by atoms with van der Waals surface area (Å²) in [5, 5.41) is 4.28. The molecule has 0 aromatic carbocycles. The third-order valence-electron chi connectivity index (χ3n) is 1.95. The summed E-state index contributed by atoms with van der Waals surface area (Å²) in [6, 6.07) is 0. The van der Waals surface area contributed by atoms with Crippen LogP contribution in [-0.4, -0.2) is 9.78 Å². The zero-order valence-corrected chi connectivity index (χ0v) is 9.29. The monoisotopic (exact) mass is 264 g/mol. The fourth-order valence-electron chi connectivity index (χ4n) is 1.03. The Labute approximate surface area is 81.1 Å². The van der Waals surface area contributed by atoms with Crippen LogP contribution in [0.15, 0.2) is 6.20 Å². The largest absolute Gasteiger partial charge is 0.274 e. The number of rotatable bonds is 2. The summed E-state index contributed by atoms with van der Waals surface area (Å²) >= 11 is 2.29. The Balaban J connectivity index is 2.93. The summed E-state index contributed by atoms with van der Waals surface area (Å²) in [6.45, 7) is 4.44. The number of aromatic nitrogens is 2. The molecule has 0 aliphatic rings. The minimum Gasteiger partial charge on any atom is -0.274 e. The van der Waals surface area contributed by atoms with E-state index in [1.54, 1.807) is 0 Å². The lowest BCUT2D eigenvalue weighted by atomic mass is 10.0. The van der Waals surface area contributed by atoms with E-state index in [0.717, 1.165) is 3.70 Å². The van der Waals surface area contributed by atoms with Crippen molar-refractivity contribution in [3.8, 4) is 0 Å². The zero-order chi connectivity index (χ0) is 8.43. The van der Waals surface area contributed by atoms with Crippen LogP contribution in [-0.2, 0) is 7.05 Å². The highest BCUT2D eigenvalue weighted by Gasteiger charge is 2.09. The van der Waals surface area contributed by atoms with Crippen LogP contribution in [0, 0.1) is 3.70 Å². The fraction of sp³-hybridized carbons (Fsp3) is 0.625. The van der Waals surface area contributed by atoms with E-state index in [2.05, 4.69) is 47.7 Å². The van der Waals surface area contributed by atoms with Crippen molar-refractivity contribution in [3.63, 3.8) is 0 Å². The second-order valence-electron chi connectivity index (χ2n) is 2.86. The Bertz CT molecular complexity index is 242. The van der Waals surface area contributed by atoms with Crippen molar-refractivity contribution in [1.29, 1.82) is 0 Å². The first-order valence-electron chi connectivity index (χ1n) is 3.84. The van der Waals surface area contributed by atoms with Crippen molar-refractivity contribution in [2.75, 3.05) is 0 Å². The van der Waals surface area contributed by atoms with Crippen LogP contribution in [0.1, 0.15) is 31.7 Å². The third-order valence-corrected chi connectivity index (χ3v) is 2.79. The van der Waals surface area contributed by atoms with Crippen LogP contribution in [0.2, 0.25) is 0 Å². The van der Waals surface area contributed by atoms with Gasteiger partial charge in [0.25, 0.3) is 0 Å². The molecule has 0 saturated carbocycles. The van der Waals surface area contributed by atoms with Gasteiger partial charge in [0.05, 0.1) is 0 Å². The highest BCUT2D eigenvalue weighted by molar-refractivity contribution is 14.1. The van der Waals surface area contributed by atoms with Gasteiger partial charge in [0, 0.05) is 18.8 Å². The van der Waals surface area contributed by atoms with Crippen molar-refractivity contribution < 1.29 is 0 Å². The van der Waals surface area contributed by atoms with Gasteiger partial charge >= 0.3 is 0 Å². The summed E-state index contributed by atoms with van der Waals surface area (Å²) in [5.41, 5.74) is 1.37. The molecule has 0 amide bonds. The van der Waals surface area contributed by atoms with Crippen LogP contribution in [0.25, 0.3) is 0 Å². The molecular weight excluding hydrogens is 251 g/mol. The van der Waals surface area contributed by atoms with E-state index in [-0.39, 0.29) is 0 Å². The van der Waals surface area contributed by atoms with Crippen LogP contribution in [0.5, 0.6) is 0 Å². The van der Waals surface area contributed by atoms with Crippen molar-refractivity contribution >= 4 is 22.6 Å². The van der Waals surface area contributed by atoms with Gasteiger partial charge in [-0.1, -0.05) is 13.8 Å². The Hall–Kier alpha value is -0.0600. The lowest BCUT2D eigenvalue weighted by Gasteiger charge is -2.04. The van der Waals surface area contributed by atoms with Gasteiger partial charge in [0.2, 0.25) is 0 Å². The molecule has 2 nitrogen and oxygen atoms in total. The first-order chi connectivity index (χ1) is 5.15. The standard InChI is InChI=1S/C8H13IN2/c1-4-6(2)7-5-11(3)10-8(7)9/h5-6H,4H2,1-3H3. The van der Waals surface area contributed by atoms with Gasteiger partial charge < -0.3 is 0 Å². The first kappa shape index (κ1) is 9.03. The minimum absolute atomic E-state index is 0.635. The number of hydrogen-bond acceptors (Lipinski definition) is 1. The van der Waals surface area contributed by atoms with Gasteiger partial charge in [-0.25, -0.2) is 0 Å². The maximum atomic E-state index is 4.28. The SMILES string of the molecule is CCC(C)c1cn(C)nc1I. The predicted octanol–water partition coefficient (Wildman–Crippen LogP) is 2.54. The number of halogens is 1. The smallest absolute Gasteiger partial charge is 0.126 e. The van der Waals surface area contributed by atoms with Crippen LogP contribution >= 0.6 is 22.6 Å². The molecule has 1 atom stereocenters. The van der Waals surface area contributed by atoms with Gasteiger partial charge in [0.15, 0.2) is 0 Å². The topological polar surface area (TPSA) is 17.8 Å². The predicted molar refractivity (Wildman–Crippen MR) is 54.6 cm³/mol. The molecule has 1 heterocycles. The van der Waals surface area contributed by atoms with E-state index in [4.69, 9.17) is 0 Å². The molecule has 0 radical (unpaired) electrons. The van der Waals surface area contributed by atoms with E-state index in [0.29, 0.717) is 5.92 Å². The van der Waals surface area contributed by atoms with Gasteiger partial charge in [-0.05, 0) is 34.9 Å². The average molecular weight is 264 g/mol. The van der Waals surface area contributed by atoms with E-state index < -0.39 is 0 Å². The second-order valence-corrected chi connectivity index (χ2v) is 3.88. The molecule has 0 fully saturated rings. The second kappa shape index (κ2) is 3.56. The number of hydrogen-bond donors (Lipinski definition) is 0. The molecule has 0 aliphatic heterocycles. The quantitative estimate of drug-likeness (QED) is 0.750. The molecule has 1 unspecified atom stereocenters. The van der Waals surface area contributed by atoms with E-state index in [1.165, 1.54) is 12.0 Å². The van der Waals surface area contributed by atoms with Crippen molar-refractivity contribution in [3.05, 3.63) is 15.5 Å². The molecular formula is C8H13IN2. The maximum absolute atomic E-state index is 4.28. The van der Waals surface area contributed by atoms with Gasteiger partial charge in [-0.15, -0.1) is 0 Å². The molecule has 62 valence electrons. The van der Waals surface area contributed by atoms with Crippen LogP contribution in [0.3, 0.4) is 0 Å². The van der Waals surface area contributed by atoms with Gasteiger partial charge in [0.1, 0.15) is 3.70 Å². The molecule has 1 aromatic rings. The minimum atomic E-state index is 0.635. The maximum Gasteiger partial charge on any atom is 0.126 e. The van der Waals surface area contributed by atoms with Crippen LogP contribution in [0.4, 0.5) is 0 Å². The van der Waals surface area contributed by atoms with Crippen molar-refractivity contribution in [1.82, 2.24) is 9.78 Å². The molecule has 11 heavy (non-hydrogen) atoms. The summed E-state index contributed by atoms with van der Waals surface area (Å²) < 4.78 is 3.02. The zero-order valence-electron chi connectivity index (χ0n) is 7.13. The molecule has 0 saturated heterocycles. The van der Waals surface area contributed by atoms with Crippen molar-refractivity contribution in [2.45, 2.75) is 26.2 Å². The first-order valence-corrected chi connectivity index (χ1v) is 4.92. The molecule has 1 aromatic heterocycles. The highest BCUT2D eigenvalue weighted by atomic mass is 127. The lowest BCUT2D eigenvalue weighted by molar-refractivity contribution is 0.727. The van der Waals surface area contributed by atoms with Gasteiger partial charge in [-0.3, -0.25) is 4.68 Å². The summed E-state index contributed by atoms with van der Waals surface area (Å²) in [4.78, 5) is 0. The molecule has 3 heteroatoms. The van der Waals surface area contributed by atoms with E-state index in [1.807, 2.05) is 11.7 Å². The normalized spacial score (nSPS) is 13.5. The van der Waals surface area contributed by atoms with E-state index >= 15 is 0 Å². The Morgan fingerprint density at radius 1 is 1.73 bits per heavy atom. The third kappa shape index (κ3) is 1.95. The molecule has 0 bridgehead atoms. The number of nitrogens with zero attached hydrogens (tertiary/aromatic N) is 2. The summed E-state index contributed by atoms with van der Waals surface area (Å²) in [7, 11) is 1.97. The molecule has 0 aliphatic carbocycles.